The molecule has 2 aliphatic rings. The minimum Gasteiger partial charge on any atom is -0.481 e. The molecule has 0 aromatic carbocycles. The van der Waals surface area contributed by atoms with Crippen LogP contribution in [0.5, 0.6) is 0 Å². The first kappa shape index (κ1) is 30.4. The maximum absolute atomic E-state index is 11.6. The lowest BCUT2D eigenvalue weighted by Gasteiger charge is -2.06. The fourth-order valence-corrected chi connectivity index (χ4v) is 5.89. The Balaban J connectivity index is 1.96. The Labute approximate surface area is 253 Å². The van der Waals surface area contributed by atoms with Gasteiger partial charge in [0.2, 0.25) is 0 Å². The summed E-state index contributed by atoms with van der Waals surface area (Å²) in [5.74, 6) is -1.93. The standard InChI is InChI=1S/C34H34N4O6/c1-5-19-17(3)25-11-28-20(6-2)23(15-39)31(37-28)12-26-18(4)21(7-9-33(41)42)29(36-26)14-30-22(8-10-34(43)44)24(16-40)32(38-30)13-27(19)35-25/h5-6,11-14,35,37,39-40H,1-2,7-10,15-16H2,3-4H3,(H,41,42)(H,43,44). The molecule has 10 nitrogen and oxygen atoms in total. The first-order valence-corrected chi connectivity index (χ1v) is 14.2. The largest absolute Gasteiger partial charge is 0.481 e. The lowest BCUT2D eigenvalue weighted by atomic mass is 9.98. The molecule has 0 saturated heterocycles. The molecule has 0 atom stereocenters. The number of nitrogens with one attached hydrogen (secondary N) is 2. The Kier molecular flexibility index (Phi) is 8.48. The highest BCUT2D eigenvalue weighted by molar-refractivity contribution is 5.97. The van der Waals surface area contributed by atoms with Crippen LogP contribution in [-0.2, 0) is 16.2 Å². The highest BCUT2D eigenvalue weighted by atomic mass is 16.4. The van der Waals surface area contributed by atoms with E-state index in [0.29, 0.717) is 50.5 Å². The summed E-state index contributed by atoms with van der Waals surface area (Å²) in [5, 5.41) is 39.8. The molecule has 0 saturated carbocycles. The third-order valence-corrected chi connectivity index (χ3v) is 8.21. The van der Waals surface area contributed by atoms with Crippen molar-refractivity contribution in [2.24, 2.45) is 0 Å². The van der Waals surface area contributed by atoms with Gasteiger partial charge in [-0.1, -0.05) is 25.3 Å². The van der Waals surface area contributed by atoms with E-state index in [2.05, 4.69) is 23.1 Å². The van der Waals surface area contributed by atoms with Gasteiger partial charge < -0.3 is 30.4 Å². The molecule has 3 aromatic heterocycles. The maximum Gasteiger partial charge on any atom is 0.303 e. The number of hydrogen-bond acceptors (Lipinski definition) is 6. The average Bonchev–Trinajstić information content (AvgIpc) is 3.67. The number of carbonyl (C=O) groups is 2. The molecule has 2 aliphatic heterocycles. The number of aliphatic hydroxyl groups excluding tert-OH is 2. The molecule has 8 bridgehead atoms. The Morgan fingerprint density at radius 2 is 1.25 bits per heavy atom. The van der Waals surface area contributed by atoms with Gasteiger partial charge in [0, 0.05) is 57.2 Å². The second-order valence-corrected chi connectivity index (χ2v) is 10.8. The SMILES string of the molecule is C=Cc1c(C)c2cc3[nH]c(cc4nc(cc5nc(cc1[nH]2)C(CO)=C5CCC(=O)O)C(CCC(=O)O)=C4C)c(CO)c3C=C. The van der Waals surface area contributed by atoms with Gasteiger partial charge in [-0.15, -0.1) is 0 Å². The highest BCUT2D eigenvalue weighted by Gasteiger charge is 2.24. The van der Waals surface area contributed by atoms with Gasteiger partial charge in [-0.05, 0) is 73.2 Å². The lowest BCUT2D eigenvalue weighted by Crippen LogP contribution is -1.98. The van der Waals surface area contributed by atoms with E-state index < -0.39 is 11.9 Å². The number of allylic oxidation sites excluding steroid dienone is 3. The van der Waals surface area contributed by atoms with Gasteiger partial charge in [0.25, 0.3) is 0 Å². The monoisotopic (exact) mass is 594 g/mol. The summed E-state index contributed by atoms with van der Waals surface area (Å²) in [6.07, 6.45) is 3.48. The predicted octanol–water partition coefficient (Wildman–Crippen LogP) is 5.96. The zero-order chi connectivity index (χ0) is 31.7. The summed E-state index contributed by atoms with van der Waals surface area (Å²) in [7, 11) is 0. The van der Waals surface area contributed by atoms with Crippen LogP contribution in [0, 0.1) is 6.92 Å². The number of carboxylic acids is 2. The fraction of sp³-hybridized carbons (Fsp3) is 0.235. The third-order valence-electron chi connectivity index (χ3n) is 8.21. The summed E-state index contributed by atoms with van der Waals surface area (Å²) in [6, 6.07) is 7.29. The van der Waals surface area contributed by atoms with E-state index in [-0.39, 0.29) is 38.9 Å². The quantitative estimate of drug-likeness (QED) is 0.167. The van der Waals surface area contributed by atoms with E-state index in [9.17, 15) is 30.0 Å². The normalized spacial score (nSPS) is 13.0. The molecule has 0 aliphatic carbocycles. The average molecular weight is 595 g/mol. The second-order valence-electron chi connectivity index (χ2n) is 10.8. The number of hydrogen-bond donors (Lipinski definition) is 6. The molecule has 44 heavy (non-hydrogen) atoms. The van der Waals surface area contributed by atoms with E-state index >= 15 is 0 Å². The molecule has 3 aromatic rings. The van der Waals surface area contributed by atoms with Crippen LogP contribution < -0.4 is 0 Å². The van der Waals surface area contributed by atoms with Gasteiger partial charge in [0.15, 0.2) is 0 Å². The van der Waals surface area contributed by atoms with E-state index in [1.165, 1.54) is 0 Å². The minimum absolute atomic E-state index is 0.114. The van der Waals surface area contributed by atoms with Gasteiger partial charge in [-0.25, -0.2) is 9.97 Å². The third kappa shape index (κ3) is 5.52. The minimum atomic E-state index is -0.982. The molecule has 226 valence electrons. The van der Waals surface area contributed by atoms with Crippen molar-refractivity contribution >= 4 is 68.4 Å². The van der Waals surface area contributed by atoms with Crippen molar-refractivity contribution in [1.82, 2.24) is 19.9 Å². The molecule has 6 N–H and O–H groups in total. The first-order valence-electron chi connectivity index (χ1n) is 14.2. The molecular formula is C34H34N4O6. The van der Waals surface area contributed by atoms with Gasteiger partial charge in [-0.2, -0.15) is 0 Å². The van der Waals surface area contributed by atoms with Gasteiger partial charge in [-0.3, -0.25) is 9.59 Å². The summed E-state index contributed by atoms with van der Waals surface area (Å²) in [5.41, 5.74) is 10.6. The van der Waals surface area contributed by atoms with Crippen LogP contribution in [0.15, 0.2) is 37.4 Å². The molecule has 0 spiro atoms. The number of H-pyrrole nitrogens is 2. The van der Waals surface area contributed by atoms with Crippen molar-refractivity contribution in [1.29, 1.82) is 0 Å². The van der Waals surface area contributed by atoms with Crippen molar-refractivity contribution in [2.45, 2.75) is 46.1 Å². The molecule has 0 fully saturated rings. The van der Waals surface area contributed by atoms with Crippen molar-refractivity contribution in [3.05, 3.63) is 82.5 Å². The Morgan fingerprint density at radius 3 is 1.86 bits per heavy atom. The van der Waals surface area contributed by atoms with Crippen LogP contribution in [0.1, 0.15) is 77.6 Å². The number of aliphatic hydroxyl groups is 2. The molecule has 5 heterocycles. The van der Waals surface area contributed by atoms with Crippen LogP contribution in [0.25, 0.3) is 56.5 Å². The fourth-order valence-electron chi connectivity index (χ4n) is 5.89. The van der Waals surface area contributed by atoms with Crippen molar-refractivity contribution in [3.63, 3.8) is 0 Å². The van der Waals surface area contributed by atoms with Crippen molar-refractivity contribution < 1.29 is 30.0 Å². The number of aromatic nitrogens is 4. The number of aryl methyl sites for hydroxylation is 1. The Bertz CT molecular complexity index is 1960. The van der Waals surface area contributed by atoms with Crippen LogP contribution in [0.4, 0.5) is 0 Å². The van der Waals surface area contributed by atoms with Crippen LogP contribution >= 0.6 is 0 Å². The number of fused-ring (bicyclic) bond motifs is 8. The molecular weight excluding hydrogens is 560 g/mol. The molecule has 0 amide bonds. The zero-order valence-electron chi connectivity index (χ0n) is 24.6. The summed E-state index contributed by atoms with van der Waals surface area (Å²) >= 11 is 0. The van der Waals surface area contributed by atoms with Gasteiger partial charge in [0.1, 0.15) is 0 Å². The zero-order valence-corrected chi connectivity index (χ0v) is 24.6. The van der Waals surface area contributed by atoms with Crippen LogP contribution in [0.2, 0.25) is 0 Å². The Morgan fingerprint density at radius 1 is 0.705 bits per heavy atom. The van der Waals surface area contributed by atoms with Crippen LogP contribution in [-0.4, -0.2) is 58.9 Å². The lowest BCUT2D eigenvalue weighted by molar-refractivity contribution is -0.137. The summed E-state index contributed by atoms with van der Waals surface area (Å²) in [6.45, 7) is 11.2. The maximum atomic E-state index is 11.6. The van der Waals surface area contributed by atoms with Gasteiger partial charge >= 0.3 is 11.9 Å². The van der Waals surface area contributed by atoms with Crippen molar-refractivity contribution in [3.8, 4) is 0 Å². The molecule has 10 heteroatoms. The van der Waals surface area contributed by atoms with Gasteiger partial charge in [0.05, 0.1) is 36.0 Å². The summed E-state index contributed by atoms with van der Waals surface area (Å²) < 4.78 is 0. The molecule has 0 unspecified atom stereocenters. The Hall–Kier alpha value is -5.06. The number of aliphatic carboxylic acids is 2. The number of carboxylic acid groups (broad SMARTS) is 2. The van der Waals surface area contributed by atoms with E-state index in [0.717, 1.165) is 38.9 Å². The number of aromatic amines is 2. The molecule has 5 rings (SSSR count). The summed E-state index contributed by atoms with van der Waals surface area (Å²) in [4.78, 5) is 39.6. The topological polar surface area (TPSA) is 172 Å². The first-order chi connectivity index (χ1) is 21.1. The molecule has 0 radical (unpaired) electrons. The number of rotatable bonds is 10. The number of nitrogens with zero attached hydrogens (tertiary/aromatic N) is 2. The highest BCUT2D eigenvalue weighted by Crippen LogP contribution is 2.38. The van der Waals surface area contributed by atoms with E-state index in [4.69, 9.17) is 9.97 Å². The van der Waals surface area contributed by atoms with Crippen LogP contribution in [0.3, 0.4) is 0 Å². The van der Waals surface area contributed by atoms with E-state index in [1.54, 1.807) is 18.2 Å². The second kappa shape index (κ2) is 12.3. The van der Waals surface area contributed by atoms with E-state index in [1.807, 2.05) is 32.0 Å². The smallest absolute Gasteiger partial charge is 0.303 e. The predicted molar refractivity (Wildman–Crippen MR) is 172 cm³/mol. The van der Waals surface area contributed by atoms with Crippen molar-refractivity contribution in [2.75, 3.05) is 6.61 Å².